The van der Waals surface area contributed by atoms with Crippen molar-refractivity contribution in [2.45, 2.75) is 24.6 Å². The minimum absolute atomic E-state index is 0.129. The summed E-state index contributed by atoms with van der Waals surface area (Å²) >= 11 is 1.31. The average molecular weight is 472 g/mol. The highest BCUT2D eigenvalue weighted by atomic mass is 32.2. The van der Waals surface area contributed by atoms with Gasteiger partial charge in [0.05, 0.1) is 11.4 Å². The van der Waals surface area contributed by atoms with Crippen LogP contribution in [0.25, 0.3) is 0 Å². The topological polar surface area (TPSA) is 69.7 Å². The first-order valence-electron chi connectivity index (χ1n) is 11.2. The number of benzene rings is 3. The third-order valence-electron chi connectivity index (χ3n) is 6.24. The van der Waals surface area contributed by atoms with Gasteiger partial charge in [0.25, 0.3) is 5.91 Å². The third-order valence-corrected chi connectivity index (χ3v) is 7.63. The fourth-order valence-electron chi connectivity index (χ4n) is 4.58. The van der Waals surface area contributed by atoms with Crippen molar-refractivity contribution in [3.8, 4) is 0 Å². The highest BCUT2D eigenvalue weighted by molar-refractivity contribution is 8.02. The molecule has 5 rings (SSSR count). The molecule has 1 atom stereocenters. The number of hydrogen-bond acceptors (Lipinski definition) is 4. The summed E-state index contributed by atoms with van der Waals surface area (Å²) in [6, 6.07) is 24.4. The number of para-hydroxylation sites is 2. The number of anilines is 3. The molecule has 6 nitrogen and oxygen atoms in total. The van der Waals surface area contributed by atoms with Gasteiger partial charge in [-0.3, -0.25) is 24.2 Å². The molecule has 3 amide bonds. The highest BCUT2D eigenvalue weighted by Crippen LogP contribution is 2.55. The van der Waals surface area contributed by atoms with Gasteiger partial charge in [-0.15, -0.1) is 11.8 Å². The Bertz CT molecular complexity index is 1260. The zero-order chi connectivity index (χ0) is 23.9. The number of fused-ring (bicyclic) bond motifs is 2. The van der Waals surface area contributed by atoms with Crippen molar-refractivity contribution in [1.29, 1.82) is 0 Å². The van der Waals surface area contributed by atoms with Gasteiger partial charge in [-0.05, 0) is 41.8 Å². The molecule has 1 unspecified atom stereocenters. The Labute approximate surface area is 202 Å². The smallest absolute Gasteiger partial charge is 0.269 e. The Kier molecular flexibility index (Phi) is 5.65. The third kappa shape index (κ3) is 3.56. The molecule has 1 fully saturated rings. The number of carbonyl (C=O) groups excluding carboxylic acids is 3. The summed E-state index contributed by atoms with van der Waals surface area (Å²) in [7, 11) is 0. The van der Waals surface area contributed by atoms with Gasteiger partial charge in [-0.1, -0.05) is 62.4 Å². The maximum Gasteiger partial charge on any atom is 0.269 e. The van der Waals surface area contributed by atoms with E-state index < -0.39 is 4.87 Å². The molecule has 3 aromatic carbocycles. The number of thioether (sulfide) groups is 1. The van der Waals surface area contributed by atoms with E-state index in [9.17, 15) is 14.4 Å². The van der Waals surface area contributed by atoms with Crippen LogP contribution in [0, 0.1) is 0 Å². The number of carbonyl (C=O) groups is 3. The lowest BCUT2D eigenvalue weighted by atomic mass is 10.0. The van der Waals surface area contributed by atoms with Gasteiger partial charge >= 0.3 is 0 Å². The van der Waals surface area contributed by atoms with Crippen molar-refractivity contribution in [3.63, 3.8) is 0 Å². The van der Waals surface area contributed by atoms with E-state index in [4.69, 9.17) is 0 Å². The predicted octanol–water partition coefficient (Wildman–Crippen LogP) is 4.73. The van der Waals surface area contributed by atoms with E-state index in [-0.39, 0.29) is 30.0 Å². The lowest BCUT2D eigenvalue weighted by Crippen LogP contribution is -2.50. The fourth-order valence-corrected chi connectivity index (χ4v) is 5.94. The van der Waals surface area contributed by atoms with Crippen LogP contribution in [0.5, 0.6) is 0 Å². The quantitative estimate of drug-likeness (QED) is 0.584. The van der Waals surface area contributed by atoms with Gasteiger partial charge in [0, 0.05) is 16.9 Å². The van der Waals surface area contributed by atoms with Crippen LogP contribution in [-0.2, 0) is 19.3 Å². The summed E-state index contributed by atoms with van der Waals surface area (Å²) in [5.41, 5.74) is 3.92. The summed E-state index contributed by atoms with van der Waals surface area (Å²) in [6.45, 7) is 4.09. The van der Waals surface area contributed by atoms with Crippen molar-refractivity contribution in [1.82, 2.24) is 0 Å². The van der Waals surface area contributed by atoms with Crippen LogP contribution in [0.1, 0.15) is 30.9 Å². The number of nitrogens with one attached hydrogen (secondary N) is 1. The molecule has 1 N–H and O–H groups in total. The molecule has 2 aliphatic heterocycles. The Hall–Kier alpha value is -3.58. The second-order valence-corrected chi connectivity index (χ2v) is 9.90. The Morgan fingerprint density at radius 2 is 1.65 bits per heavy atom. The van der Waals surface area contributed by atoms with Gasteiger partial charge in [0.1, 0.15) is 6.54 Å². The fraction of sp³-hybridized carbons (Fsp3) is 0.222. The van der Waals surface area contributed by atoms with Crippen LogP contribution in [0.15, 0.2) is 78.9 Å². The van der Waals surface area contributed by atoms with Crippen LogP contribution in [0.2, 0.25) is 0 Å². The number of amides is 3. The van der Waals surface area contributed by atoms with Crippen molar-refractivity contribution in [3.05, 3.63) is 90.0 Å². The summed E-state index contributed by atoms with van der Waals surface area (Å²) < 4.78 is 0. The molecule has 172 valence electrons. The van der Waals surface area contributed by atoms with E-state index in [2.05, 4.69) is 19.2 Å². The SMILES string of the molecule is CC(C)c1ccc(NC(=O)CN2C(=O)C3(SCC(=O)N3c3ccccc3)c3ccccc32)cc1. The summed E-state index contributed by atoms with van der Waals surface area (Å²) in [5, 5.41) is 2.90. The van der Waals surface area contributed by atoms with Gasteiger partial charge in [-0.2, -0.15) is 0 Å². The predicted molar refractivity (Wildman–Crippen MR) is 136 cm³/mol. The average Bonchev–Trinajstić information content (AvgIpc) is 3.31. The molecule has 34 heavy (non-hydrogen) atoms. The Balaban J connectivity index is 1.45. The van der Waals surface area contributed by atoms with Crippen LogP contribution in [0.3, 0.4) is 0 Å². The molecule has 1 saturated heterocycles. The Morgan fingerprint density at radius 3 is 2.35 bits per heavy atom. The molecule has 3 aromatic rings. The van der Waals surface area contributed by atoms with Gasteiger partial charge in [-0.25, -0.2) is 0 Å². The van der Waals surface area contributed by atoms with Crippen LogP contribution in [0.4, 0.5) is 17.1 Å². The maximum atomic E-state index is 14.0. The molecular weight excluding hydrogens is 446 g/mol. The molecule has 0 aliphatic carbocycles. The van der Waals surface area contributed by atoms with Gasteiger partial charge in [0.2, 0.25) is 16.7 Å². The van der Waals surface area contributed by atoms with Crippen molar-refractivity contribution in [2.75, 3.05) is 27.4 Å². The van der Waals surface area contributed by atoms with Crippen LogP contribution >= 0.6 is 11.8 Å². The maximum absolute atomic E-state index is 14.0. The molecule has 0 bridgehead atoms. The molecule has 0 saturated carbocycles. The van der Waals surface area contributed by atoms with Gasteiger partial charge < -0.3 is 5.32 Å². The molecule has 0 radical (unpaired) electrons. The largest absolute Gasteiger partial charge is 0.325 e. The summed E-state index contributed by atoms with van der Waals surface area (Å²) in [5.74, 6) is -0.108. The first kappa shape index (κ1) is 22.2. The van der Waals surface area contributed by atoms with E-state index in [1.807, 2.05) is 78.9 Å². The zero-order valence-electron chi connectivity index (χ0n) is 19.0. The molecule has 1 spiro atoms. The first-order valence-corrected chi connectivity index (χ1v) is 12.2. The minimum Gasteiger partial charge on any atom is -0.325 e. The Morgan fingerprint density at radius 1 is 0.971 bits per heavy atom. The minimum atomic E-state index is -1.21. The number of nitrogens with zero attached hydrogens (tertiary/aromatic N) is 2. The van der Waals surface area contributed by atoms with E-state index in [0.29, 0.717) is 23.0 Å². The monoisotopic (exact) mass is 471 g/mol. The van der Waals surface area contributed by atoms with E-state index >= 15 is 0 Å². The summed E-state index contributed by atoms with van der Waals surface area (Å²) in [6.07, 6.45) is 0. The van der Waals surface area contributed by atoms with E-state index in [0.717, 1.165) is 5.56 Å². The summed E-state index contributed by atoms with van der Waals surface area (Å²) in [4.78, 5) is 41.8. The molecule has 2 aliphatic rings. The second kappa shape index (κ2) is 8.65. The number of rotatable bonds is 5. The van der Waals surface area contributed by atoms with Crippen molar-refractivity contribution < 1.29 is 14.4 Å². The normalized spacial score (nSPS) is 19.3. The van der Waals surface area contributed by atoms with Crippen LogP contribution in [-0.4, -0.2) is 30.0 Å². The van der Waals surface area contributed by atoms with E-state index in [1.54, 1.807) is 4.90 Å². The highest BCUT2D eigenvalue weighted by Gasteiger charge is 2.61. The lowest BCUT2D eigenvalue weighted by molar-refractivity contribution is -0.124. The lowest BCUT2D eigenvalue weighted by Gasteiger charge is -2.33. The molecule has 7 heteroatoms. The molecular formula is C27H25N3O3S. The van der Waals surface area contributed by atoms with Crippen molar-refractivity contribution >= 4 is 46.5 Å². The number of hydrogen-bond donors (Lipinski definition) is 1. The van der Waals surface area contributed by atoms with Crippen LogP contribution < -0.4 is 15.1 Å². The van der Waals surface area contributed by atoms with E-state index in [1.165, 1.54) is 22.2 Å². The molecule has 2 heterocycles. The second-order valence-electron chi connectivity index (χ2n) is 8.73. The molecule has 0 aromatic heterocycles. The van der Waals surface area contributed by atoms with Gasteiger partial charge in [0.15, 0.2) is 0 Å². The zero-order valence-corrected chi connectivity index (χ0v) is 19.8. The first-order chi connectivity index (χ1) is 16.4. The standard InChI is InChI=1S/C27H25N3O3S/c1-18(2)19-12-14-20(15-13-19)28-24(31)16-29-23-11-7-6-10-22(23)27(26(29)33)30(25(32)17-34-27)21-8-4-3-5-9-21/h3-15,18H,16-17H2,1-2H3,(H,28,31). The van der Waals surface area contributed by atoms with Crippen molar-refractivity contribution in [2.24, 2.45) is 0 Å².